The van der Waals surface area contributed by atoms with E-state index in [0.29, 0.717) is 28.4 Å². The van der Waals surface area contributed by atoms with E-state index in [1.807, 2.05) is 13.8 Å². The molecule has 0 spiro atoms. The minimum atomic E-state index is -3.57. The second kappa shape index (κ2) is 10.6. The zero-order valence-electron chi connectivity index (χ0n) is 19.0. The molecular formula is C23H29N3O6S. The SMILES string of the molecule is CC[C@H](C)NC(=O)c1ccccc1NC(=O)CCCN(c1ccc2c(c1)OCO2)S(C)(=O)=O. The number of hydrogen-bond acceptors (Lipinski definition) is 6. The molecule has 178 valence electrons. The highest BCUT2D eigenvalue weighted by Gasteiger charge is 2.22. The van der Waals surface area contributed by atoms with Gasteiger partial charge in [-0.3, -0.25) is 13.9 Å². The van der Waals surface area contributed by atoms with Gasteiger partial charge in [0.1, 0.15) is 0 Å². The topological polar surface area (TPSA) is 114 Å². The summed E-state index contributed by atoms with van der Waals surface area (Å²) in [6.45, 7) is 4.09. The molecule has 2 aromatic carbocycles. The van der Waals surface area contributed by atoms with Crippen molar-refractivity contribution >= 4 is 33.2 Å². The fourth-order valence-corrected chi connectivity index (χ4v) is 4.27. The molecule has 2 aromatic rings. The van der Waals surface area contributed by atoms with Gasteiger partial charge in [0, 0.05) is 25.1 Å². The van der Waals surface area contributed by atoms with Gasteiger partial charge in [0.05, 0.1) is 23.2 Å². The monoisotopic (exact) mass is 475 g/mol. The number of amides is 2. The van der Waals surface area contributed by atoms with Crippen LogP contribution in [0.4, 0.5) is 11.4 Å². The third-order valence-corrected chi connectivity index (χ3v) is 6.44. The lowest BCUT2D eigenvalue weighted by atomic mass is 10.1. The van der Waals surface area contributed by atoms with Crippen LogP contribution in [0.3, 0.4) is 0 Å². The van der Waals surface area contributed by atoms with E-state index in [0.717, 1.165) is 12.7 Å². The number of rotatable bonds is 10. The number of anilines is 2. The molecule has 2 N–H and O–H groups in total. The average Bonchev–Trinajstić information content (AvgIpc) is 3.24. The maximum Gasteiger partial charge on any atom is 0.253 e. The van der Waals surface area contributed by atoms with Gasteiger partial charge in [0.2, 0.25) is 22.7 Å². The molecule has 3 rings (SSSR count). The minimum absolute atomic E-state index is 0.0133. The molecule has 1 atom stereocenters. The zero-order chi connectivity index (χ0) is 24.0. The van der Waals surface area contributed by atoms with Crippen molar-refractivity contribution in [1.82, 2.24) is 5.32 Å². The van der Waals surface area contributed by atoms with Crippen LogP contribution in [0.5, 0.6) is 11.5 Å². The summed E-state index contributed by atoms with van der Waals surface area (Å²) in [4.78, 5) is 25.1. The lowest BCUT2D eigenvalue weighted by Gasteiger charge is -2.22. The average molecular weight is 476 g/mol. The molecule has 0 radical (unpaired) electrons. The van der Waals surface area contributed by atoms with Crippen molar-refractivity contribution in [3.63, 3.8) is 0 Å². The number of benzene rings is 2. The standard InChI is InChI=1S/C23H29N3O6S/c1-4-16(2)24-23(28)18-8-5-6-9-19(18)25-22(27)10-7-13-26(33(3,29)30)17-11-12-20-21(14-17)32-15-31-20/h5-6,8-9,11-12,14,16H,4,7,10,13,15H2,1-3H3,(H,24,28)(H,25,27)/t16-/m0/s1. The van der Waals surface area contributed by atoms with Crippen molar-refractivity contribution in [1.29, 1.82) is 0 Å². The second-order valence-corrected chi connectivity index (χ2v) is 9.76. The molecule has 0 unspecified atom stereocenters. The molecule has 1 aliphatic heterocycles. The van der Waals surface area contributed by atoms with Crippen molar-refractivity contribution in [3.8, 4) is 11.5 Å². The van der Waals surface area contributed by atoms with Gasteiger partial charge in [-0.15, -0.1) is 0 Å². The molecule has 1 aliphatic rings. The first-order chi connectivity index (χ1) is 15.7. The second-order valence-electron chi connectivity index (χ2n) is 7.85. The first kappa shape index (κ1) is 24.4. The van der Waals surface area contributed by atoms with Crippen molar-refractivity contribution in [3.05, 3.63) is 48.0 Å². The Morgan fingerprint density at radius 1 is 1.12 bits per heavy atom. The Morgan fingerprint density at radius 2 is 1.85 bits per heavy atom. The van der Waals surface area contributed by atoms with E-state index in [4.69, 9.17) is 9.47 Å². The minimum Gasteiger partial charge on any atom is -0.454 e. The quantitative estimate of drug-likeness (QED) is 0.546. The smallest absolute Gasteiger partial charge is 0.253 e. The van der Waals surface area contributed by atoms with Gasteiger partial charge in [0.15, 0.2) is 11.5 Å². The lowest BCUT2D eigenvalue weighted by molar-refractivity contribution is -0.116. The number of hydrogen-bond donors (Lipinski definition) is 2. The Hall–Kier alpha value is -3.27. The molecule has 0 aliphatic carbocycles. The Bertz CT molecular complexity index is 1120. The number of nitrogens with zero attached hydrogens (tertiary/aromatic N) is 1. The first-order valence-electron chi connectivity index (χ1n) is 10.8. The largest absolute Gasteiger partial charge is 0.454 e. The summed E-state index contributed by atoms with van der Waals surface area (Å²) in [5.74, 6) is 0.470. The Morgan fingerprint density at radius 3 is 2.58 bits per heavy atom. The summed E-state index contributed by atoms with van der Waals surface area (Å²) in [5.41, 5.74) is 1.23. The summed E-state index contributed by atoms with van der Waals surface area (Å²) in [6, 6.07) is 11.7. The number of ether oxygens (including phenoxy) is 2. The van der Waals surface area contributed by atoms with Crippen LogP contribution in [0.1, 0.15) is 43.5 Å². The fourth-order valence-electron chi connectivity index (χ4n) is 3.32. The van der Waals surface area contributed by atoms with Crippen LogP contribution in [-0.2, 0) is 14.8 Å². The highest BCUT2D eigenvalue weighted by Crippen LogP contribution is 2.36. The number of carbonyl (C=O) groups excluding carboxylic acids is 2. The number of nitrogens with one attached hydrogen (secondary N) is 2. The predicted molar refractivity (Wildman–Crippen MR) is 126 cm³/mol. The molecule has 9 nitrogen and oxygen atoms in total. The van der Waals surface area contributed by atoms with Crippen molar-refractivity contribution in [2.24, 2.45) is 0 Å². The van der Waals surface area contributed by atoms with Gasteiger partial charge in [-0.25, -0.2) is 8.42 Å². The van der Waals surface area contributed by atoms with Gasteiger partial charge in [-0.05, 0) is 44.0 Å². The molecule has 1 heterocycles. The Balaban J connectivity index is 1.62. The summed E-state index contributed by atoms with van der Waals surface area (Å²) in [5, 5.41) is 5.65. The highest BCUT2D eigenvalue weighted by atomic mass is 32.2. The van der Waals surface area contributed by atoms with E-state index in [2.05, 4.69) is 10.6 Å². The van der Waals surface area contributed by atoms with Gasteiger partial charge in [-0.1, -0.05) is 19.1 Å². The molecule has 0 fully saturated rings. The number of sulfonamides is 1. The summed E-state index contributed by atoms with van der Waals surface area (Å²) in [6.07, 6.45) is 2.27. The molecular weight excluding hydrogens is 446 g/mol. The zero-order valence-corrected chi connectivity index (χ0v) is 19.8. The number of fused-ring (bicyclic) bond motifs is 1. The molecule has 0 saturated carbocycles. The molecule has 0 aromatic heterocycles. The van der Waals surface area contributed by atoms with Crippen LogP contribution in [0, 0.1) is 0 Å². The van der Waals surface area contributed by atoms with E-state index >= 15 is 0 Å². The van der Waals surface area contributed by atoms with E-state index in [1.165, 1.54) is 4.31 Å². The maximum atomic E-state index is 12.5. The van der Waals surface area contributed by atoms with Crippen LogP contribution >= 0.6 is 0 Å². The molecule has 0 bridgehead atoms. The Labute approximate surface area is 194 Å². The highest BCUT2D eigenvalue weighted by molar-refractivity contribution is 7.92. The fraction of sp³-hybridized carbons (Fsp3) is 0.391. The lowest BCUT2D eigenvalue weighted by Crippen LogP contribution is -2.33. The summed E-state index contributed by atoms with van der Waals surface area (Å²) < 4.78 is 36.5. The number of carbonyl (C=O) groups is 2. The Kier molecular flexibility index (Phi) is 7.80. The molecule has 0 saturated heterocycles. The molecule has 2 amide bonds. The van der Waals surface area contributed by atoms with Gasteiger partial charge < -0.3 is 20.1 Å². The van der Waals surface area contributed by atoms with Crippen molar-refractivity contribution < 1.29 is 27.5 Å². The van der Waals surface area contributed by atoms with Crippen molar-refractivity contribution in [2.75, 3.05) is 29.2 Å². The third kappa shape index (κ3) is 6.38. The normalized spacial score (nSPS) is 13.3. The van der Waals surface area contributed by atoms with Crippen molar-refractivity contribution in [2.45, 2.75) is 39.2 Å². The van der Waals surface area contributed by atoms with Crippen LogP contribution in [0.2, 0.25) is 0 Å². The van der Waals surface area contributed by atoms with Crippen LogP contribution in [0.15, 0.2) is 42.5 Å². The predicted octanol–water partition coefficient (Wildman–Crippen LogP) is 3.13. The van der Waals surface area contributed by atoms with Crippen LogP contribution in [0.25, 0.3) is 0 Å². The van der Waals surface area contributed by atoms with Gasteiger partial charge in [-0.2, -0.15) is 0 Å². The first-order valence-corrected chi connectivity index (χ1v) is 12.6. The number of para-hydroxylation sites is 1. The third-order valence-electron chi connectivity index (χ3n) is 5.25. The maximum absolute atomic E-state index is 12.5. The van der Waals surface area contributed by atoms with Gasteiger partial charge >= 0.3 is 0 Å². The van der Waals surface area contributed by atoms with Crippen LogP contribution in [-0.4, -0.2) is 45.9 Å². The van der Waals surface area contributed by atoms with Crippen LogP contribution < -0.4 is 24.4 Å². The molecule has 33 heavy (non-hydrogen) atoms. The van der Waals surface area contributed by atoms with E-state index in [1.54, 1.807) is 42.5 Å². The van der Waals surface area contributed by atoms with E-state index < -0.39 is 10.0 Å². The van der Waals surface area contributed by atoms with E-state index in [-0.39, 0.29) is 44.0 Å². The van der Waals surface area contributed by atoms with E-state index in [9.17, 15) is 18.0 Å². The van der Waals surface area contributed by atoms with Gasteiger partial charge in [0.25, 0.3) is 5.91 Å². The summed E-state index contributed by atoms with van der Waals surface area (Å²) >= 11 is 0. The molecule has 10 heteroatoms. The summed E-state index contributed by atoms with van der Waals surface area (Å²) in [7, 11) is -3.57.